The summed E-state index contributed by atoms with van der Waals surface area (Å²) in [5.74, 6) is 0.164. The number of Topliss-reactive ketones (excluding diaryl/α,β-unsaturated/α-hetero) is 1. The van der Waals surface area contributed by atoms with Crippen molar-refractivity contribution in [1.82, 2.24) is 14.6 Å². The van der Waals surface area contributed by atoms with E-state index in [2.05, 4.69) is 18.9 Å². The molecule has 1 aromatic carbocycles. The standard InChI is InChI=1S/C19H19N3O/c1-12-9-16-20-18(13-7-5-4-6-8-13)17-14(22(16)21-12)10-19(2,3)11-15(17)23/h4-9H,10-11H2,1-3H3. The van der Waals surface area contributed by atoms with Crippen LogP contribution in [0.1, 0.15) is 42.0 Å². The van der Waals surface area contributed by atoms with E-state index in [4.69, 9.17) is 4.98 Å². The lowest BCUT2D eigenvalue weighted by atomic mass is 9.75. The van der Waals surface area contributed by atoms with Crippen LogP contribution in [0.2, 0.25) is 0 Å². The van der Waals surface area contributed by atoms with E-state index < -0.39 is 0 Å². The summed E-state index contributed by atoms with van der Waals surface area (Å²) in [6.45, 7) is 6.23. The third-order valence-corrected chi connectivity index (χ3v) is 4.43. The van der Waals surface area contributed by atoms with Gasteiger partial charge in [0.1, 0.15) is 0 Å². The molecule has 4 heteroatoms. The Morgan fingerprint density at radius 3 is 2.61 bits per heavy atom. The van der Waals surface area contributed by atoms with Crippen LogP contribution in [0, 0.1) is 12.3 Å². The van der Waals surface area contributed by atoms with Crippen molar-refractivity contribution < 1.29 is 4.79 Å². The first kappa shape index (κ1) is 14.1. The minimum absolute atomic E-state index is 0.0494. The molecule has 4 rings (SSSR count). The monoisotopic (exact) mass is 305 g/mol. The van der Waals surface area contributed by atoms with Crippen LogP contribution in [0.15, 0.2) is 36.4 Å². The Balaban J connectivity index is 2.09. The molecule has 2 heterocycles. The SMILES string of the molecule is Cc1cc2nc(-c3ccccc3)c3c(n2n1)CC(C)(C)CC3=O. The maximum absolute atomic E-state index is 12.9. The Kier molecular flexibility index (Phi) is 2.92. The molecule has 0 radical (unpaired) electrons. The number of carbonyl (C=O) groups excluding carboxylic acids is 1. The third-order valence-electron chi connectivity index (χ3n) is 4.43. The molecule has 0 fully saturated rings. The van der Waals surface area contributed by atoms with Crippen molar-refractivity contribution in [2.45, 2.75) is 33.6 Å². The van der Waals surface area contributed by atoms with Gasteiger partial charge in [0, 0.05) is 18.1 Å². The molecule has 0 N–H and O–H groups in total. The van der Waals surface area contributed by atoms with Gasteiger partial charge in [0.05, 0.1) is 22.6 Å². The van der Waals surface area contributed by atoms with E-state index in [0.717, 1.165) is 40.3 Å². The molecule has 0 saturated carbocycles. The highest BCUT2D eigenvalue weighted by atomic mass is 16.1. The molecule has 2 aromatic heterocycles. The topological polar surface area (TPSA) is 47.3 Å². The molecular weight excluding hydrogens is 286 g/mol. The number of carbonyl (C=O) groups is 1. The van der Waals surface area contributed by atoms with E-state index in [9.17, 15) is 4.79 Å². The molecule has 0 amide bonds. The fourth-order valence-electron chi connectivity index (χ4n) is 3.48. The Hall–Kier alpha value is -2.49. The summed E-state index contributed by atoms with van der Waals surface area (Å²) in [4.78, 5) is 17.6. The molecule has 0 spiro atoms. The molecule has 1 aliphatic rings. The highest BCUT2D eigenvalue weighted by Crippen LogP contribution is 2.38. The number of fused-ring (bicyclic) bond motifs is 3. The zero-order valence-electron chi connectivity index (χ0n) is 13.6. The van der Waals surface area contributed by atoms with Gasteiger partial charge in [-0.3, -0.25) is 4.79 Å². The van der Waals surface area contributed by atoms with Crippen LogP contribution in [-0.2, 0) is 6.42 Å². The number of nitrogens with zero attached hydrogens (tertiary/aromatic N) is 3. The number of hydrogen-bond acceptors (Lipinski definition) is 3. The Morgan fingerprint density at radius 1 is 1.13 bits per heavy atom. The maximum atomic E-state index is 12.9. The smallest absolute Gasteiger partial charge is 0.167 e. The van der Waals surface area contributed by atoms with Crippen LogP contribution in [-0.4, -0.2) is 20.4 Å². The largest absolute Gasteiger partial charge is 0.294 e. The zero-order chi connectivity index (χ0) is 16.2. The highest BCUT2D eigenvalue weighted by Gasteiger charge is 2.35. The first-order chi connectivity index (χ1) is 10.9. The molecule has 0 bridgehead atoms. The molecule has 0 atom stereocenters. The van der Waals surface area contributed by atoms with Gasteiger partial charge in [0.2, 0.25) is 0 Å². The number of hydrogen-bond donors (Lipinski definition) is 0. The lowest BCUT2D eigenvalue weighted by Crippen LogP contribution is -2.30. The van der Waals surface area contributed by atoms with Gasteiger partial charge in [-0.15, -0.1) is 0 Å². The van der Waals surface area contributed by atoms with Crippen molar-refractivity contribution in [3.05, 3.63) is 53.3 Å². The molecular formula is C19H19N3O. The number of rotatable bonds is 1. The van der Waals surface area contributed by atoms with Crippen molar-refractivity contribution >= 4 is 11.4 Å². The lowest BCUT2D eigenvalue weighted by Gasteiger charge is -2.31. The van der Waals surface area contributed by atoms with E-state index in [-0.39, 0.29) is 11.2 Å². The minimum atomic E-state index is -0.0494. The van der Waals surface area contributed by atoms with Gasteiger partial charge in [-0.2, -0.15) is 5.10 Å². The summed E-state index contributed by atoms with van der Waals surface area (Å²) >= 11 is 0. The second-order valence-electron chi connectivity index (χ2n) is 7.14. The predicted molar refractivity (Wildman–Crippen MR) is 89.6 cm³/mol. The van der Waals surface area contributed by atoms with Crippen molar-refractivity contribution in [2.75, 3.05) is 0 Å². The minimum Gasteiger partial charge on any atom is -0.294 e. The lowest BCUT2D eigenvalue weighted by molar-refractivity contribution is 0.0909. The number of aryl methyl sites for hydroxylation is 1. The van der Waals surface area contributed by atoms with Crippen LogP contribution in [0.4, 0.5) is 0 Å². The number of benzene rings is 1. The van der Waals surface area contributed by atoms with Gasteiger partial charge in [-0.1, -0.05) is 44.2 Å². The first-order valence-electron chi connectivity index (χ1n) is 7.92. The summed E-state index contributed by atoms with van der Waals surface area (Å²) in [6, 6.07) is 11.9. The Bertz CT molecular complexity index is 923. The van der Waals surface area contributed by atoms with E-state index in [1.807, 2.05) is 47.8 Å². The van der Waals surface area contributed by atoms with Crippen LogP contribution in [0.3, 0.4) is 0 Å². The zero-order valence-corrected chi connectivity index (χ0v) is 13.6. The summed E-state index contributed by atoms with van der Waals surface area (Å²) in [5, 5.41) is 4.56. The molecule has 4 nitrogen and oxygen atoms in total. The first-order valence-corrected chi connectivity index (χ1v) is 7.92. The molecule has 23 heavy (non-hydrogen) atoms. The van der Waals surface area contributed by atoms with Crippen LogP contribution in [0.5, 0.6) is 0 Å². The number of aromatic nitrogens is 3. The highest BCUT2D eigenvalue weighted by molar-refractivity contribution is 6.04. The quantitative estimate of drug-likeness (QED) is 0.686. The van der Waals surface area contributed by atoms with E-state index >= 15 is 0 Å². The van der Waals surface area contributed by atoms with Gasteiger partial charge < -0.3 is 0 Å². The summed E-state index contributed by atoms with van der Waals surface area (Å²) < 4.78 is 1.86. The van der Waals surface area contributed by atoms with Crippen molar-refractivity contribution in [1.29, 1.82) is 0 Å². The predicted octanol–water partition coefficient (Wildman–Crippen LogP) is 3.86. The van der Waals surface area contributed by atoms with Crippen molar-refractivity contribution in [3.63, 3.8) is 0 Å². The van der Waals surface area contributed by atoms with Crippen LogP contribution >= 0.6 is 0 Å². The molecule has 0 saturated heterocycles. The van der Waals surface area contributed by atoms with Crippen LogP contribution in [0.25, 0.3) is 16.9 Å². The van der Waals surface area contributed by atoms with Gasteiger partial charge in [-0.05, 0) is 18.8 Å². The van der Waals surface area contributed by atoms with E-state index in [0.29, 0.717) is 6.42 Å². The average Bonchev–Trinajstić information content (AvgIpc) is 2.87. The van der Waals surface area contributed by atoms with Gasteiger partial charge in [-0.25, -0.2) is 9.50 Å². The van der Waals surface area contributed by atoms with Crippen molar-refractivity contribution in [3.8, 4) is 11.3 Å². The Labute approximate surface area is 135 Å². The molecule has 3 aromatic rings. The normalized spacial score (nSPS) is 16.6. The molecule has 0 unspecified atom stereocenters. The van der Waals surface area contributed by atoms with E-state index in [1.54, 1.807) is 0 Å². The summed E-state index contributed by atoms with van der Waals surface area (Å²) in [6.07, 6.45) is 1.38. The number of ketones is 1. The molecule has 116 valence electrons. The van der Waals surface area contributed by atoms with Crippen LogP contribution < -0.4 is 0 Å². The van der Waals surface area contributed by atoms with Gasteiger partial charge in [0.15, 0.2) is 11.4 Å². The van der Waals surface area contributed by atoms with Gasteiger partial charge >= 0.3 is 0 Å². The fourth-order valence-corrected chi connectivity index (χ4v) is 3.48. The van der Waals surface area contributed by atoms with E-state index in [1.165, 1.54) is 0 Å². The second-order valence-corrected chi connectivity index (χ2v) is 7.14. The third kappa shape index (κ3) is 2.25. The fraction of sp³-hybridized carbons (Fsp3) is 0.316. The maximum Gasteiger partial charge on any atom is 0.167 e. The molecule has 1 aliphatic carbocycles. The summed E-state index contributed by atoms with van der Waals surface area (Å²) in [5.41, 5.74) is 5.18. The molecule has 0 aliphatic heterocycles. The summed E-state index contributed by atoms with van der Waals surface area (Å²) in [7, 11) is 0. The van der Waals surface area contributed by atoms with Gasteiger partial charge in [0.25, 0.3) is 0 Å². The second kappa shape index (κ2) is 4.75. The van der Waals surface area contributed by atoms with Crippen molar-refractivity contribution in [2.24, 2.45) is 5.41 Å². The average molecular weight is 305 g/mol. The Morgan fingerprint density at radius 2 is 1.87 bits per heavy atom.